The van der Waals surface area contributed by atoms with Crippen molar-refractivity contribution in [2.75, 3.05) is 0 Å². The molecule has 1 aromatic carbocycles. The van der Waals surface area contributed by atoms with Gasteiger partial charge in [-0.1, -0.05) is 57.3 Å². The lowest BCUT2D eigenvalue weighted by atomic mass is 10.1. The normalized spacial score (nSPS) is 13.5. The Balaban J connectivity index is 2.97. The number of rotatable bonds is 5. The van der Waals surface area contributed by atoms with Crippen LogP contribution in [0, 0.1) is 0 Å². The fourth-order valence-corrected chi connectivity index (χ4v) is 4.54. The minimum absolute atomic E-state index is 0.707. The topological polar surface area (TPSA) is 17.1 Å². The molecule has 1 unspecified atom stereocenters. The predicted octanol–water partition coefficient (Wildman–Crippen LogP) is 4.26. The number of aldehydes is 1. The second-order valence-electron chi connectivity index (χ2n) is 5.49. The molecule has 2 heteroatoms. The summed E-state index contributed by atoms with van der Waals surface area (Å²) in [4.78, 5) is 10.6. The van der Waals surface area contributed by atoms with Crippen molar-refractivity contribution in [2.24, 2.45) is 0 Å². The van der Waals surface area contributed by atoms with Gasteiger partial charge in [0.1, 0.15) is 6.29 Å². The lowest BCUT2D eigenvalue weighted by Crippen LogP contribution is -2.30. The summed E-state index contributed by atoms with van der Waals surface area (Å²) in [6, 6.07) is 8.13. The third kappa shape index (κ3) is 3.31. The van der Waals surface area contributed by atoms with E-state index in [2.05, 4.69) is 38.7 Å². The van der Waals surface area contributed by atoms with Crippen molar-refractivity contribution in [3.8, 4) is 0 Å². The van der Waals surface area contributed by atoms with Gasteiger partial charge >= 0.3 is 0 Å². The molecule has 0 spiro atoms. The van der Waals surface area contributed by atoms with Gasteiger partial charge in [0.15, 0.2) is 0 Å². The van der Waals surface area contributed by atoms with Crippen molar-refractivity contribution < 1.29 is 4.79 Å². The van der Waals surface area contributed by atoms with Gasteiger partial charge in [-0.15, -0.1) is 0 Å². The zero-order valence-electron chi connectivity index (χ0n) is 10.8. The minimum Gasteiger partial charge on any atom is -0.298 e. The number of hydrogen-bond donors (Lipinski definition) is 0. The van der Waals surface area contributed by atoms with Gasteiger partial charge < -0.3 is 0 Å². The van der Waals surface area contributed by atoms with Crippen LogP contribution in [0.4, 0.5) is 0 Å². The lowest BCUT2D eigenvalue weighted by Gasteiger charge is -2.29. The Kier molecular flexibility index (Phi) is 4.48. The van der Waals surface area contributed by atoms with E-state index in [9.17, 15) is 4.79 Å². The molecule has 1 atom stereocenters. The Bertz CT molecular complexity index is 335. The van der Waals surface area contributed by atoms with Crippen LogP contribution in [0.5, 0.6) is 0 Å². The third-order valence-electron chi connectivity index (χ3n) is 3.10. The highest BCUT2D eigenvalue weighted by Crippen LogP contribution is 2.31. The molecule has 0 aliphatic heterocycles. The molecule has 16 heavy (non-hydrogen) atoms. The van der Waals surface area contributed by atoms with Crippen LogP contribution in [-0.4, -0.2) is 14.4 Å². The van der Waals surface area contributed by atoms with Crippen molar-refractivity contribution in [3.63, 3.8) is 0 Å². The molecule has 0 N–H and O–H groups in total. The van der Waals surface area contributed by atoms with Crippen molar-refractivity contribution >= 4 is 14.4 Å². The summed E-state index contributed by atoms with van der Waals surface area (Å²) in [5.41, 5.74) is 2.89. The fraction of sp³-hybridized carbons (Fsp3) is 0.500. The highest BCUT2D eigenvalue weighted by molar-refractivity contribution is 6.77. The number of carbonyl (C=O) groups is 1. The molecule has 88 valence electrons. The third-order valence-corrected chi connectivity index (χ3v) is 5.81. The van der Waals surface area contributed by atoms with Crippen LogP contribution in [0.1, 0.15) is 41.2 Å². The summed E-state index contributed by atoms with van der Waals surface area (Å²) in [6.45, 7) is 9.50. The molecule has 0 heterocycles. The molecule has 0 aromatic heterocycles. The quantitative estimate of drug-likeness (QED) is 0.549. The first kappa shape index (κ1) is 13.2. The van der Waals surface area contributed by atoms with E-state index in [1.807, 2.05) is 12.1 Å². The van der Waals surface area contributed by atoms with Crippen molar-refractivity contribution in [1.29, 1.82) is 0 Å². The average molecular weight is 234 g/mol. The smallest absolute Gasteiger partial charge is 0.150 e. The van der Waals surface area contributed by atoms with Gasteiger partial charge in [-0.05, 0) is 17.5 Å². The van der Waals surface area contributed by atoms with Gasteiger partial charge in [0.25, 0.3) is 0 Å². The number of carbonyl (C=O) groups excluding carboxylic acids is 1. The van der Waals surface area contributed by atoms with Crippen molar-refractivity contribution in [1.82, 2.24) is 0 Å². The van der Waals surface area contributed by atoms with Crippen LogP contribution in [-0.2, 0) is 0 Å². The van der Waals surface area contributed by atoms with Crippen LogP contribution in [0.25, 0.3) is 0 Å². The van der Waals surface area contributed by atoms with Gasteiger partial charge in [-0.2, -0.15) is 0 Å². The second kappa shape index (κ2) is 5.44. The molecule has 0 amide bonds. The molecule has 0 bridgehead atoms. The lowest BCUT2D eigenvalue weighted by molar-refractivity contribution is 0.112. The van der Waals surface area contributed by atoms with Crippen molar-refractivity contribution in [3.05, 3.63) is 35.4 Å². The van der Waals surface area contributed by atoms with E-state index < -0.39 is 8.07 Å². The SMILES string of the molecule is CCCC(c1ccc(C=O)cc1)[Si](C)(C)C. The van der Waals surface area contributed by atoms with E-state index in [-0.39, 0.29) is 0 Å². The highest BCUT2D eigenvalue weighted by Gasteiger charge is 2.26. The molecular formula is C14H22OSi. The maximum atomic E-state index is 10.6. The summed E-state index contributed by atoms with van der Waals surface area (Å²) < 4.78 is 0. The first-order valence-corrected chi connectivity index (χ1v) is 9.62. The van der Waals surface area contributed by atoms with E-state index in [1.54, 1.807) is 0 Å². The maximum Gasteiger partial charge on any atom is 0.150 e. The second-order valence-corrected chi connectivity index (χ2v) is 10.9. The number of hydrogen-bond acceptors (Lipinski definition) is 1. The standard InChI is InChI=1S/C14H22OSi/c1-5-6-14(16(2,3)4)13-9-7-12(11-15)8-10-13/h7-11,14H,5-6H2,1-4H3. The van der Waals surface area contributed by atoms with Crippen LogP contribution < -0.4 is 0 Å². The van der Waals surface area contributed by atoms with Crippen LogP contribution in [0.3, 0.4) is 0 Å². The molecule has 1 rings (SSSR count). The van der Waals surface area contributed by atoms with Crippen LogP contribution in [0.15, 0.2) is 24.3 Å². The van der Waals surface area contributed by atoms with Gasteiger partial charge in [-0.3, -0.25) is 4.79 Å². The Hall–Kier alpha value is -0.893. The van der Waals surface area contributed by atoms with Crippen molar-refractivity contribution in [2.45, 2.75) is 44.9 Å². The molecule has 0 fully saturated rings. The van der Waals surface area contributed by atoms with Crippen LogP contribution in [0.2, 0.25) is 19.6 Å². The first-order chi connectivity index (χ1) is 7.49. The van der Waals surface area contributed by atoms with E-state index in [4.69, 9.17) is 0 Å². The van der Waals surface area contributed by atoms with Gasteiger partial charge in [-0.25, -0.2) is 0 Å². The molecule has 0 aliphatic rings. The van der Waals surface area contributed by atoms with Crippen LogP contribution >= 0.6 is 0 Å². The van der Waals surface area contributed by atoms with Gasteiger partial charge in [0.05, 0.1) is 8.07 Å². The number of benzene rings is 1. The summed E-state index contributed by atoms with van der Waals surface area (Å²) in [5.74, 6) is 0. The Morgan fingerprint density at radius 1 is 1.19 bits per heavy atom. The summed E-state index contributed by atoms with van der Waals surface area (Å²) in [5, 5.41) is 0. The largest absolute Gasteiger partial charge is 0.298 e. The van der Waals surface area contributed by atoms with E-state index >= 15 is 0 Å². The minimum atomic E-state index is -1.16. The first-order valence-electron chi connectivity index (χ1n) is 6.04. The Labute approximate surface area is 99.9 Å². The zero-order valence-corrected chi connectivity index (χ0v) is 11.8. The van der Waals surface area contributed by atoms with E-state index in [1.165, 1.54) is 18.4 Å². The highest BCUT2D eigenvalue weighted by atomic mass is 28.3. The molecule has 1 aromatic rings. The molecular weight excluding hydrogens is 212 g/mol. The maximum absolute atomic E-state index is 10.6. The molecule has 0 aliphatic carbocycles. The summed E-state index contributed by atoms with van der Waals surface area (Å²) in [6.07, 6.45) is 3.40. The fourth-order valence-electron chi connectivity index (χ4n) is 2.20. The van der Waals surface area contributed by atoms with Gasteiger partial charge in [0.2, 0.25) is 0 Å². The van der Waals surface area contributed by atoms with E-state index in [0.29, 0.717) is 5.54 Å². The predicted molar refractivity (Wildman–Crippen MR) is 72.8 cm³/mol. The Morgan fingerprint density at radius 3 is 2.12 bits per heavy atom. The monoisotopic (exact) mass is 234 g/mol. The van der Waals surface area contributed by atoms with E-state index in [0.717, 1.165) is 11.8 Å². The van der Waals surface area contributed by atoms with Gasteiger partial charge in [0, 0.05) is 5.56 Å². The molecule has 0 saturated carbocycles. The zero-order chi connectivity index (χ0) is 12.2. The Morgan fingerprint density at radius 2 is 1.75 bits per heavy atom. The average Bonchev–Trinajstić information content (AvgIpc) is 2.25. The molecule has 1 nitrogen and oxygen atoms in total. The molecule has 0 saturated heterocycles. The summed E-state index contributed by atoms with van der Waals surface area (Å²) >= 11 is 0. The molecule has 0 radical (unpaired) electrons. The summed E-state index contributed by atoms with van der Waals surface area (Å²) in [7, 11) is -1.16.